The Hall–Kier alpha value is 0.460. The molecule has 1 aromatic rings. The quantitative estimate of drug-likeness (QED) is 0.555. The van der Waals surface area contributed by atoms with Crippen molar-refractivity contribution in [1.82, 2.24) is 0 Å². The molecule has 0 spiro atoms. The molecule has 1 rings (SSSR count). The van der Waals surface area contributed by atoms with E-state index in [1.165, 1.54) is 0 Å². The van der Waals surface area contributed by atoms with Crippen molar-refractivity contribution >= 4 is 15.9 Å². The minimum atomic E-state index is 0. The topological polar surface area (TPSA) is 51.7 Å². The van der Waals surface area contributed by atoms with Gasteiger partial charge in [-0.1, -0.05) is 12.1 Å². The summed E-state index contributed by atoms with van der Waals surface area (Å²) in [5.74, 6) is 0.331. The maximum Gasteiger partial charge on any atom is 1.00 e. The number of aryl methyl sites for hydroxylation is 1. The third-order valence-corrected chi connectivity index (χ3v) is 1.83. The Kier molecular flexibility index (Phi) is 7.68. The fourth-order valence-electron chi connectivity index (χ4n) is 0.623. The van der Waals surface area contributed by atoms with Gasteiger partial charge in [-0.2, -0.15) is 0 Å². The molecule has 58 valence electrons. The van der Waals surface area contributed by atoms with Crippen LogP contribution in [0.4, 0.5) is 0 Å². The molecule has 2 nitrogen and oxygen atoms in total. The van der Waals surface area contributed by atoms with Gasteiger partial charge >= 0.3 is 29.6 Å². The molecular weight excluding hydrogens is 219 g/mol. The molecule has 4 heteroatoms. The van der Waals surface area contributed by atoms with Gasteiger partial charge in [0.05, 0.1) is 4.47 Å². The molecule has 0 saturated carbocycles. The zero-order valence-electron chi connectivity index (χ0n) is 7.56. The first kappa shape index (κ1) is 14.0. The van der Waals surface area contributed by atoms with E-state index in [0.717, 1.165) is 10.0 Å². The van der Waals surface area contributed by atoms with Gasteiger partial charge in [0.15, 0.2) is 0 Å². The molecule has 3 N–H and O–H groups in total. The normalized spacial score (nSPS) is 7.82. The number of aromatic hydroxyl groups is 1. The van der Waals surface area contributed by atoms with Gasteiger partial charge in [-0.15, -0.1) is 0 Å². The molecule has 0 aliphatic rings. The third kappa shape index (κ3) is 3.58. The van der Waals surface area contributed by atoms with Crippen molar-refractivity contribution in [3.63, 3.8) is 0 Å². The zero-order chi connectivity index (χ0) is 6.85. The fraction of sp³-hybridized carbons (Fsp3) is 0.143. The Labute approximate surface area is 97.8 Å². The summed E-state index contributed by atoms with van der Waals surface area (Å²) in [6.07, 6.45) is 0. The van der Waals surface area contributed by atoms with Gasteiger partial charge in [0.2, 0.25) is 0 Å². The zero-order valence-corrected chi connectivity index (χ0v) is 10.1. The van der Waals surface area contributed by atoms with E-state index >= 15 is 0 Å². The van der Waals surface area contributed by atoms with Crippen molar-refractivity contribution in [3.05, 3.63) is 28.2 Å². The predicted molar refractivity (Wildman–Crippen MR) is 45.3 cm³/mol. The molecular formula is C7H10BrNaO2. The summed E-state index contributed by atoms with van der Waals surface area (Å²) in [6, 6.07) is 5.56. The Morgan fingerprint density at radius 1 is 1.45 bits per heavy atom. The van der Waals surface area contributed by atoms with E-state index in [4.69, 9.17) is 5.11 Å². The third-order valence-electron chi connectivity index (χ3n) is 1.19. The number of phenolic OH excluding ortho intramolecular Hbond substituents is 1. The molecule has 1 aromatic carbocycles. The van der Waals surface area contributed by atoms with Crippen molar-refractivity contribution in [2.45, 2.75) is 6.92 Å². The molecule has 0 fully saturated rings. The number of hydrogen-bond donors (Lipinski definition) is 1. The fourth-order valence-corrected chi connectivity index (χ4v) is 1.09. The van der Waals surface area contributed by atoms with Gasteiger partial charge in [0, 0.05) is 0 Å². The molecule has 0 aromatic heterocycles. The number of benzene rings is 1. The number of para-hydroxylation sites is 1. The van der Waals surface area contributed by atoms with Crippen LogP contribution in [0, 0.1) is 6.92 Å². The van der Waals surface area contributed by atoms with Gasteiger partial charge in [-0.25, -0.2) is 0 Å². The van der Waals surface area contributed by atoms with E-state index in [1.54, 1.807) is 0 Å². The van der Waals surface area contributed by atoms with E-state index in [-0.39, 0.29) is 36.5 Å². The summed E-state index contributed by atoms with van der Waals surface area (Å²) in [7, 11) is 0. The monoisotopic (exact) mass is 228 g/mol. The van der Waals surface area contributed by atoms with E-state index in [2.05, 4.69) is 15.9 Å². The molecule has 0 amide bonds. The molecule has 11 heavy (non-hydrogen) atoms. The van der Waals surface area contributed by atoms with Crippen LogP contribution in [-0.4, -0.2) is 10.6 Å². The Balaban J connectivity index is -0.000000270. The van der Waals surface area contributed by atoms with Crippen LogP contribution < -0.4 is 29.6 Å². The number of rotatable bonds is 0. The van der Waals surface area contributed by atoms with E-state index in [1.807, 2.05) is 25.1 Å². The first-order valence-electron chi connectivity index (χ1n) is 2.66. The molecule has 0 saturated heterocycles. The summed E-state index contributed by atoms with van der Waals surface area (Å²) in [4.78, 5) is 0. The van der Waals surface area contributed by atoms with Crippen LogP contribution in [0.1, 0.15) is 6.99 Å². The van der Waals surface area contributed by atoms with Crippen molar-refractivity contribution < 1.29 is 41.6 Å². The Morgan fingerprint density at radius 3 is 2.36 bits per heavy atom. The average Bonchev–Trinajstić information content (AvgIpc) is 1.83. The standard InChI is InChI=1S/C7H7BrO.Na.H2O.H/c1-5-3-2-4-6(8)7(5)9;;;/h2-4,9H,1H3;;1H2;/q;+1;;-1. The summed E-state index contributed by atoms with van der Waals surface area (Å²) in [5.41, 5.74) is 0.893. The second-order valence-corrected chi connectivity index (χ2v) is 2.76. The maximum atomic E-state index is 9.16. The van der Waals surface area contributed by atoms with Crippen LogP contribution in [0.25, 0.3) is 0 Å². The van der Waals surface area contributed by atoms with Gasteiger partial charge in [0.1, 0.15) is 5.75 Å². The summed E-state index contributed by atoms with van der Waals surface area (Å²) in [5, 5.41) is 9.16. The second-order valence-electron chi connectivity index (χ2n) is 1.91. The SMILES string of the molecule is Cc1cccc(Br)c1O.O.[H-].[Na+]. The summed E-state index contributed by atoms with van der Waals surface area (Å²) in [6.45, 7) is 1.86. The maximum absolute atomic E-state index is 9.16. The molecule has 0 unspecified atom stereocenters. The molecule has 0 radical (unpaired) electrons. The van der Waals surface area contributed by atoms with Gasteiger partial charge < -0.3 is 12.0 Å². The first-order valence-corrected chi connectivity index (χ1v) is 3.45. The van der Waals surface area contributed by atoms with Gasteiger partial charge in [-0.05, 0) is 34.5 Å². The molecule has 0 bridgehead atoms. The largest absolute Gasteiger partial charge is 1.00 e. The average molecular weight is 229 g/mol. The summed E-state index contributed by atoms with van der Waals surface area (Å²) >= 11 is 3.20. The number of hydrogen-bond acceptors (Lipinski definition) is 1. The van der Waals surface area contributed by atoms with E-state index < -0.39 is 0 Å². The van der Waals surface area contributed by atoms with Crippen molar-refractivity contribution in [3.8, 4) is 5.75 Å². The smallest absolute Gasteiger partial charge is 1.00 e. The Morgan fingerprint density at radius 2 is 2.00 bits per heavy atom. The van der Waals surface area contributed by atoms with E-state index in [9.17, 15) is 0 Å². The summed E-state index contributed by atoms with van der Waals surface area (Å²) < 4.78 is 0.752. The predicted octanol–water partition coefficient (Wildman–Crippen LogP) is -1.25. The molecule has 0 aliphatic carbocycles. The van der Waals surface area contributed by atoms with Crippen LogP contribution in [0.5, 0.6) is 5.75 Å². The van der Waals surface area contributed by atoms with Crippen molar-refractivity contribution in [2.24, 2.45) is 0 Å². The van der Waals surface area contributed by atoms with Crippen molar-refractivity contribution in [2.75, 3.05) is 0 Å². The van der Waals surface area contributed by atoms with Gasteiger partial charge in [-0.3, -0.25) is 0 Å². The van der Waals surface area contributed by atoms with Crippen LogP contribution >= 0.6 is 15.9 Å². The van der Waals surface area contributed by atoms with Crippen molar-refractivity contribution in [1.29, 1.82) is 0 Å². The minimum Gasteiger partial charge on any atom is -1.00 e. The van der Waals surface area contributed by atoms with Crippen LogP contribution in [-0.2, 0) is 0 Å². The molecule has 0 aliphatic heterocycles. The van der Waals surface area contributed by atoms with E-state index in [0.29, 0.717) is 5.75 Å². The number of halogens is 1. The van der Waals surface area contributed by atoms with Gasteiger partial charge in [0.25, 0.3) is 0 Å². The van der Waals surface area contributed by atoms with Crippen LogP contribution in [0.15, 0.2) is 22.7 Å². The molecule has 0 heterocycles. The van der Waals surface area contributed by atoms with Crippen LogP contribution in [0.2, 0.25) is 0 Å². The second kappa shape index (κ2) is 6.03. The van der Waals surface area contributed by atoms with Crippen LogP contribution in [0.3, 0.4) is 0 Å². The Bertz CT molecular complexity index is 212. The minimum absolute atomic E-state index is 0. The number of phenols is 1. The molecule has 0 atom stereocenters. The first-order chi connectivity index (χ1) is 4.22.